The van der Waals surface area contributed by atoms with Gasteiger partial charge in [-0.3, -0.25) is 9.97 Å². The second-order valence-corrected chi connectivity index (χ2v) is 4.59. The SMILES string of the molecule is c1cnc(Nc2cncc(C3CCCNC3)n2)cn1. The van der Waals surface area contributed by atoms with Gasteiger partial charge in [-0.05, 0) is 19.4 Å². The molecule has 1 aliphatic heterocycles. The lowest BCUT2D eigenvalue weighted by atomic mass is 9.96. The Kier molecular flexibility index (Phi) is 3.60. The van der Waals surface area contributed by atoms with E-state index in [-0.39, 0.29) is 0 Å². The van der Waals surface area contributed by atoms with Gasteiger partial charge in [0.1, 0.15) is 11.6 Å². The van der Waals surface area contributed by atoms with E-state index in [1.165, 1.54) is 6.42 Å². The second-order valence-electron chi connectivity index (χ2n) is 4.59. The summed E-state index contributed by atoms with van der Waals surface area (Å²) in [5, 5.41) is 6.51. The Labute approximate surface area is 111 Å². The average Bonchev–Trinajstić information content (AvgIpc) is 2.49. The first kappa shape index (κ1) is 12.0. The zero-order valence-electron chi connectivity index (χ0n) is 10.6. The number of aromatic nitrogens is 4. The van der Waals surface area contributed by atoms with Crippen molar-refractivity contribution in [1.82, 2.24) is 25.3 Å². The van der Waals surface area contributed by atoms with Crippen molar-refractivity contribution in [2.75, 3.05) is 18.4 Å². The molecular formula is C13H16N6. The van der Waals surface area contributed by atoms with Crippen molar-refractivity contribution in [3.8, 4) is 0 Å². The van der Waals surface area contributed by atoms with Crippen molar-refractivity contribution < 1.29 is 0 Å². The predicted octanol–water partition coefficient (Wildman–Crippen LogP) is 1.48. The average molecular weight is 256 g/mol. The number of hydrogen-bond acceptors (Lipinski definition) is 6. The summed E-state index contributed by atoms with van der Waals surface area (Å²) < 4.78 is 0. The van der Waals surface area contributed by atoms with Crippen molar-refractivity contribution in [1.29, 1.82) is 0 Å². The van der Waals surface area contributed by atoms with Crippen LogP contribution < -0.4 is 10.6 Å². The zero-order chi connectivity index (χ0) is 12.9. The highest BCUT2D eigenvalue weighted by Crippen LogP contribution is 2.22. The van der Waals surface area contributed by atoms with Crippen LogP contribution in [0.15, 0.2) is 31.0 Å². The molecule has 1 saturated heterocycles. The fourth-order valence-electron chi connectivity index (χ4n) is 2.24. The molecule has 6 heteroatoms. The lowest BCUT2D eigenvalue weighted by Gasteiger charge is -2.22. The van der Waals surface area contributed by atoms with Crippen LogP contribution in [0.3, 0.4) is 0 Å². The lowest BCUT2D eigenvalue weighted by molar-refractivity contribution is 0.454. The molecule has 1 unspecified atom stereocenters. The molecule has 2 aromatic heterocycles. The number of nitrogens with one attached hydrogen (secondary N) is 2. The standard InChI is InChI=1S/C13H16N6/c1-2-10(6-14-3-1)11-7-16-9-13(18-11)19-12-8-15-4-5-17-12/h4-5,7-10,14H,1-3,6H2,(H,17,18,19). The van der Waals surface area contributed by atoms with Gasteiger partial charge in [-0.15, -0.1) is 0 Å². The Balaban J connectivity index is 1.76. The molecule has 0 aromatic carbocycles. The third kappa shape index (κ3) is 3.03. The van der Waals surface area contributed by atoms with Gasteiger partial charge in [0.2, 0.25) is 0 Å². The van der Waals surface area contributed by atoms with Gasteiger partial charge in [-0.25, -0.2) is 9.97 Å². The van der Waals surface area contributed by atoms with Crippen LogP contribution in [0.2, 0.25) is 0 Å². The van der Waals surface area contributed by atoms with Gasteiger partial charge in [-0.2, -0.15) is 0 Å². The van der Waals surface area contributed by atoms with E-state index < -0.39 is 0 Å². The van der Waals surface area contributed by atoms with Crippen molar-refractivity contribution in [2.24, 2.45) is 0 Å². The maximum absolute atomic E-state index is 4.61. The quantitative estimate of drug-likeness (QED) is 0.866. The van der Waals surface area contributed by atoms with Gasteiger partial charge < -0.3 is 10.6 Å². The molecule has 0 aliphatic carbocycles. The third-order valence-corrected chi connectivity index (χ3v) is 3.19. The Bertz CT molecular complexity index is 524. The van der Waals surface area contributed by atoms with Gasteiger partial charge in [0.05, 0.1) is 18.1 Å². The number of hydrogen-bond donors (Lipinski definition) is 2. The van der Waals surface area contributed by atoms with Gasteiger partial charge >= 0.3 is 0 Å². The number of nitrogens with zero attached hydrogens (tertiary/aromatic N) is 4. The van der Waals surface area contributed by atoms with E-state index in [0.29, 0.717) is 17.6 Å². The summed E-state index contributed by atoms with van der Waals surface area (Å²) in [6, 6.07) is 0. The van der Waals surface area contributed by atoms with Gasteiger partial charge in [0, 0.05) is 31.1 Å². The molecule has 2 N–H and O–H groups in total. The van der Waals surface area contributed by atoms with Crippen molar-refractivity contribution in [2.45, 2.75) is 18.8 Å². The van der Waals surface area contributed by atoms with E-state index in [9.17, 15) is 0 Å². The van der Waals surface area contributed by atoms with Gasteiger partial charge in [0.25, 0.3) is 0 Å². The minimum atomic E-state index is 0.449. The van der Waals surface area contributed by atoms with Gasteiger partial charge in [0.15, 0.2) is 0 Å². The fraction of sp³-hybridized carbons (Fsp3) is 0.385. The summed E-state index contributed by atoms with van der Waals surface area (Å²) >= 11 is 0. The summed E-state index contributed by atoms with van der Waals surface area (Å²) in [5.74, 6) is 1.84. The van der Waals surface area contributed by atoms with Crippen molar-refractivity contribution in [3.05, 3.63) is 36.7 Å². The minimum absolute atomic E-state index is 0.449. The maximum atomic E-state index is 4.61. The Morgan fingerprint density at radius 2 is 2.05 bits per heavy atom. The molecule has 98 valence electrons. The molecule has 0 radical (unpaired) electrons. The first-order valence-electron chi connectivity index (χ1n) is 6.47. The summed E-state index contributed by atoms with van der Waals surface area (Å²) in [4.78, 5) is 17.0. The van der Waals surface area contributed by atoms with Crippen molar-refractivity contribution >= 4 is 11.6 Å². The zero-order valence-corrected chi connectivity index (χ0v) is 10.6. The molecule has 3 heterocycles. The largest absolute Gasteiger partial charge is 0.322 e. The highest BCUT2D eigenvalue weighted by atomic mass is 15.1. The molecule has 0 bridgehead atoms. The van der Waals surface area contributed by atoms with Crippen LogP contribution in [0.1, 0.15) is 24.5 Å². The highest BCUT2D eigenvalue weighted by molar-refractivity contribution is 5.48. The van der Waals surface area contributed by atoms with Crippen LogP contribution in [0.4, 0.5) is 11.6 Å². The molecule has 6 nitrogen and oxygen atoms in total. The van der Waals surface area contributed by atoms with E-state index in [2.05, 4.69) is 30.6 Å². The van der Waals surface area contributed by atoms with E-state index >= 15 is 0 Å². The molecule has 19 heavy (non-hydrogen) atoms. The Morgan fingerprint density at radius 3 is 2.84 bits per heavy atom. The molecule has 2 aromatic rings. The predicted molar refractivity (Wildman–Crippen MR) is 72.2 cm³/mol. The highest BCUT2D eigenvalue weighted by Gasteiger charge is 2.17. The van der Waals surface area contributed by atoms with Crippen LogP contribution in [0, 0.1) is 0 Å². The smallest absolute Gasteiger partial charge is 0.150 e. The summed E-state index contributed by atoms with van der Waals surface area (Å²) in [6.45, 7) is 2.07. The third-order valence-electron chi connectivity index (χ3n) is 3.19. The van der Waals surface area contributed by atoms with Crippen LogP contribution in [0.25, 0.3) is 0 Å². The normalized spacial score (nSPS) is 19.1. The molecule has 0 amide bonds. The second kappa shape index (κ2) is 5.71. The molecule has 1 fully saturated rings. The van der Waals surface area contributed by atoms with Crippen LogP contribution >= 0.6 is 0 Å². The fourth-order valence-corrected chi connectivity index (χ4v) is 2.24. The number of rotatable bonds is 3. The molecular weight excluding hydrogens is 240 g/mol. The lowest BCUT2D eigenvalue weighted by Crippen LogP contribution is -2.29. The van der Waals surface area contributed by atoms with Crippen molar-refractivity contribution in [3.63, 3.8) is 0 Å². The minimum Gasteiger partial charge on any atom is -0.322 e. The molecule has 3 rings (SSSR count). The van der Waals surface area contributed by atoms with Gasteiger partial charge in [-0.1, -0.05) is 0 Å². The van der Waals surface area contributed by atoms with Crippen LogP contribution in [-0.2, 0) is 0 Å². The number of anilines is 2. The first-order chi connectivity index (χ1) is 9.42. The van der Waals surface area contributed by atoms with E-state index in [1.807, 2.05) is 6.20 Å². The molecule has 1 aliphatic rings. The molecule has 1 atom stereocenters. The topological polar surface area (TPSA) is 75.6 Å². The maximum Gasteiger partial charge on any atom is 0.150 e. The summed E-state index contributed by atoms with van der Waals surface area (Å²) in [7, 11) is 0. The Morgan fingerprint density at radius 1 is 1.11 bits per heavy atom. The summed E-state index contributed by atoms with van der Waals surface area (Å²) in [6.07, 6.45) is 10.8. The summed E-state index contributed by atoms with van der Waals surface area (Å²) in [5.41, 5.74) is 1.03. The monoisotopic (exact) mass is 256 g/mol. The molecule has 0 saturated carbocycles. The Hall–Kier alpha value is -2.08. The van der Waals surface area contributed by atoms with Crippen LogP contribution in [0.5, 0.6) is 0 Å². The van der Waals surface area contributed by atoms with E-state index in [4.69, 9.17) is 0 Å². The number of piperidine rings is 1. The first-order valence-corrected chi connectivity index (χ1v) is 6.47. The van der Waals surface area contributed by atoms with Crippen LogP contribution in [-0.4, -0.2) is 33.0 Å². The van der Waals surface area contributed by atoms with E-state index in [0.717, 1.165) is 25.2 Å². The molecule has 0 spiro atoms. The van der Waals surface area contributed by atoms with E-state index in [1.54, 1.807) is 24.8 Å².